The van der Waals surface area contributed by atoms with Crippen LogP contribution in [0.1, 0.15) is 35.2 Å². The summed E-state index contributed by atoms with van der Waals surface area (Å²) in [5.41, 5.74) is 4.62. The van der Waals surface area contributed by atoms with Gasteiger partial charge in [-0.3, -0.25) is 0 Å². The predicted octanol–water partition coefficient (Wildman–Crippen LogP) is 3.23. The van der Waals surface area contributed by atoms with Gasteiger partial charge < -0.3 is 4.42 Å². The summed E-state index contributed by atoms with van der Waals surface area (Å²) >= 11 is 0. The van der Waals surface area contributed by atoms with Gasteiger partial charge in [0.1, 0.15) is 11.5 Å². The number of aryl methyl sites for hydroxylation is 2. The van der Waals surface area contributed by atoms with E-state index >= 15 is 0 Å². The molecule has 2 heterocycles. The lowest BCUT2D eigenvalue weighted by Crippen LogP contribution is -1.95. The Morgan fingerprint density at radius 1 is 1.44 bits per heavy atom. The molecule has 0 aliphatic rings. The standard InChI is InChI=1S/C15H14N2O/c1-5-14-13(10(2)6-12(4)17-14)7-11(3)15-8-16-9-18-15/h1,6-9H,2-4H3/b11-7+. The maximum absolute atomic E-state index is 5.51. The van der Waals surface area contributed by atoms with Crippen molar-refractivity contribution in [3.8, 4) is 12.3 Å². The van der Waals surface area contributed by atoms with E-state index in [2.05, 4.69) is 15.9 Å². The number of rotatable bonds is 2. The van der Waals surface area contributed by atoms with E-state index in [1.807, 2.05) is 32.9 Å². The molecular weight excluding hydrogens is 224 g/mol. The minimum atomic E-state index is 0.659. The fourth-order valence-electron chi connectivity index (χ4n) is 1.84. The van der Waals surface area contributed by atoms with Gasteiger partial charge in [-0.05, 0) is 50.0 Å². The van der Waals surface area contributed by atoms with Gasteiger partial charge in [0.2, 0.25) is 0 Å². The molecule has 0 spiro atoms. The molecule has 2 rings (SSSR count). The highest BCUT2D eigenvalue weighted by molar-refractivity contribution is 5.80. The van der Waals surface area contributed by atoms with E-state index in [9.17, 15) is 0 Å². The zero-order chi connectivity index (χ0) is 13.1. The van der Waals surface area contributed by atoms with E-state index in [0.717, 1.165) is 28.2 Å². The van der Waals surface area contributed by atoms with Crippen molar-refractivity contribution in [3.63, 3.8) is 0 Å². The first-order chi connectivity index (χ1) is 8.61. The van der Waals surface area contributed by atoms with Crippen LogP contribution >= 0.6 is 0 Å². The third-order valence-corrected chi connectivity index (χ3v) is 2.71. The van der Waals surface area contributed by atoms with Gasteiger partial charge in [-0.15, -0.1) is 6.42 Å². The van der Waals surface area contributed by atoms with Crippen molar-refractivity contribution >= 4 is 11.6 Å². The van der Waals surface area contributed by atoms with Gasteiger partial charge >= 0.3 is 0 Å². The zero-order valence-electron chi connectivity index (χ0n) is 10.7. The van der Waals surface area contributed by atoms with Crippen molar-refractivity contribution in [2.24, 2.45) is 0 Å². The van der Waals surface area contributed by atoms with E-state index in [1.54, 1.807) is 6.20 Å². The average Bonchev–Trinajstić information content (AvgIpc) is 2.85. The Balaban J connectivity index is 2.53. The lowest BCUT2D eigenvalue weighted by atomic mass is 10.0. The second kappa shape index (κ2) is 4.89. The first kappa shape index (κ1) is 12.1. The third kappa shape index (κ3) is 2.33. The minimum Gasteiger partial charge on any atom is -0.444 e. The van der Waals surface area contributed by atoms with Crippen LogP contribution in [0.25, 0.3) is 11.6 Å². The monoisotopic (exact) mass is 238 g/mol. The van der Waals surface area contributed by atoms with Crippen molar-refractivity contribution in [2.45, 2.75) is 20.8 Å². The molecule has 3 nitrogen and oxygen atoms in total. The van der Waals surface area contributed by atoms with E-state index in [4.69, 9.17) is 10.8 Å². The van der Waals surface area contributed by atoms with Crippen molar-refractivity contribution in [3.05, 3.63) is 46.9 Å². The summed E-state index contributed by atoms with van der Waals surface area (Å²) in [6, 6.07) is 2.01. The number of hydrogen-bond acceptors (Lipinski definition) is 3. The highest BCUT2D eigenvalue weighted by Crippen LogP contribution is 2.21. The summed E-state index contributed by atoms with van der Waals surface area (Å²) in [6.07, 6.45) is 10.6. The average molecular weight is 238 g/mol. The van der Waals surface area contributed by atoms with Crippen molar-refractivity contribution < 1.29 is 4.42 Å². The van der Waals surface area contributed by atoms with Crippen LogP contribution < -0.4 is 0 Å². The number of nitrogens with zero attached hydrogens (tertiary/aromatic N) is 2. The molecule has 0 saturated carbocycles. The van der Waals surface area contributed by atoms with E-state index in [-0.39, 0.29) is 0 Å². The number of terminal acetylenes is 1. The van der Waals surface area contributed by atoms with E-state index < -0.39 is 0 Å². The molecule has 0 bridgehead atoms. The van der Waals surface area contributed by atoms with Crippen LogP contribution in [0.5, 0.6) is 0 Å². The van der Waals surface area contributed by atoms with Crippen molar-refractivity contribution in [2.75, 3.05) is 0 Å². The molecule has 0 amide bonds. The molecule has 0 unspecified atom stereocenters. The normalized spacial score (nSPS) is 11.3. The molecule has 0 radical (unpaired) electrons. The predicted molar refractivity (Wildman–Crippen MR) is 71.7 cm³/mol. The Morgan fingerprint density at radius 3 is 2.83 bits per heavy atom. The zero-order valence-corrected chi connectivity index (χ0v) is 10.7. The summed E-state index contributed by atoms with van der Waals surface area (Å²) in [5.74, 6) is 3.36. The van der Waals surface area contributed by atoms with Crippen LogP contribution in [0.4, 0.5) is 0 Å². The summed E-state index contributed by atoms with van der Waals surface area (Å²) < 4.78 is 5.25. The molecule has 0 aliphatic heterocycles. The second-order valence-electron chi connectivity index (χ2n) is 4.18. The van der Waals surface area contributed by atoms with Crippen molar-refractivity contribution in [1.29, 1.82) is 0 Å². The summed E-state index contributed by atoms with van der Waals surface area (Å²) in [7, 11) is 0. The summed E-state index contributed by atoms with van der Waals surface area (Å²) in [6.45, 7) is 5.92. The van der Waals surface area contributed by atoms with Gasteiger partial charge in [0.25, 0.3) is 0 Å². The largest absolute Gasteiger partial charge is 0.444 e. The Kier molecular flexibility index (Phi) is 3.29. The highest BCUT2D eigenvalue weighted by Gasteiger charge is 2.07. The fraction of sp³-hybridized carbons (Fsp3) is 0.200. The van der Waals surface area contributed by atoms with Gasteiger partial charge in [0.15, 0.2) is 6.39 Å². The molecule has 0 fully saturated rings. The Bertz CT molecular complexity index is 631. The maximum atomic E-state index is 5.51. The van der Waals surface area contributed by atoms with Crippen LogP contribution in [-0.2, 0) is 0 Å². The third-order valence-electron chi connectivity index (χ3n) is 2.71. The molecule has 0 atom stereocenters. The molecule has 0 aliphatic carbocycles. The van der Waals surface area contributed by atoms with Gasteiger partial charge in [-0.1, -0.05) is 0 Å². The number of oxazole rings is 1. The van der Waals surface area contributed by atoms with Crippen LogP contribution in [0.2, 0.25) is 0 Å². The number of hydrogen-bond donors (Lipinski definition) is 0. The molecule has 2 aromatic rings. The van der Waals surface area contributed by atoms with E-state index in [1.165, 1.54) is 6.39 Å². The van der Waals surface area contributed by atoms with Gasteiger partial charge in [0, 0.05) is 11.3 Å². The smallest absolute Gasteiger partial charge is 0.181 e. The van der Waals surface area contributed by atoms with Gasteiger partial charge in [-0.25, -0.2) is 9.97 Å². The minimum absolute atomic E-state index is 0.659. The molecule has 0 aromatic carbocycles. The van der Waals surface area contributed by atoms with Crippen molar-refractivity contribution in [1.82, 2.24) is 9.97 Å². The summed E-state index contributed by atoms with van der Waals surface area (Å²) in [5, 5.41) is 0. The molecule has 0 N–H and O–H groups in total. The van der Waals surface area contributed by atoms with Gasteiger partial charge in [-0.2, -0.15) is 0 Å². The SMILES string of the molecule is C#Cc1nc(C)cc(C)c1/C=C(\C)c1cnco1. The molecule has 90 valence electrons. The number of pyridine rings is 1. The molecule has 18 heavy (non-hydrogen) atoms. The molecule has 3 heteroatoms. The second-order valence-corrected chi connectivity index (χ2v) is 4.18. The van der Waals surface area contributed by atoms with Crippen LogP contribution in [0, 0.1) is 26.2 Å². The van der Waals surface area contributed by atoms with E-state index in [0.29, 0.717) is 5.69 Å². The van der Waals surface area contributed by atoms with Crippen LogP contribution in [0.3, 0.4) is 0 Å². The quantitative estimate of drug-likeness (QED) is 0.754. The lowest BCUT2D eigenvalue weighted by Gasteiger charge is -2.06. The van der Waals surface area contributed by atoms with Crippen LogP contribution in [0.15, 0.2) is 23.1 Å². The summed E-state index contributed by atoms with van der Waals surface area (Å²) in [4.78, 5) is 8.26. The highest BCUT2D eigenvalue weighted by atomic mass is 16.3. The lowest BCUT2D eigenvalue weighted by molar-refractivity contribution is 0.544. The molecular formula is C15H14N2O. The Hall–Kier alpha value is -2.34. The number of allylic oxidation sites excluding steroid dienone is 1. The fourth-order valence-corrected chi connectivity index (χ4v) is 1.84. The van der Waals surface area contributed by atoms with Gasteiger partial charge in [0.05, 0.1) is 6.20 Å². The molecule has 2 aromatic heterocycles. The molecule has 0 saturated heterocycles. The first-order valence-corrected chi connectivity index (χ1v) is 5.64. The topological polar surface area (TPSA) is 38.9 Å². The maximum Gasteiger partial charge on any atom is 0.181 e. The van der Waals surface area contributed by atoms with Crippen LogP contribution in [-0.4, -0.2) is 9.97 Å². The Labute approximate surface area is 107 Å². The number of aromatic nitrogens is 2. The first-order valence-electron chi connectivity index (χ1n) is 5.64. The Morgan fingerprint density at radius 2 is 2.22 bits per heavy atom.